The third-order valence-electron chi connectivity index (χ3n) is 5.19. The van der Waals surface area contributed by atoms with Crippen LogP contribution < -0.4 is 0 Å². The molecule has 9 heteroatoms. The molecule has 1 aliphatic heterocycles. The molecule has 0 unspecified atom stereocenters. The number of aliphatic hydroxyl groups excluding tert-OH is 1. The predicted octanol–water partition coefficient (Wildman–Crippen LogP) is 3.55. The van der Waals surface area contributed by atoms with Crippen LogP contribution in [0.2, 0.25) is 10.0 Å². The van der Waals surface area contributed by atoms with Crippen molar-refractivity contribution in [1.29, 1.82) is 0 Å². The number of fused-ring (bicyclic) bond motifs is 4. The van der Waals surface area contributed by atoms with Crippen LogP contribution >= 0.6 is 23.2 Å². The van der Waals surface area contributed by atoms with Crippen LogP contribution in [-0.2, 0) is 17.8 Å². The molecule has 1 amide bonds. The summed E-state index contributed by atoms with van der Waals surface area (Å²) in [6.45, 7) is 0.427. The molecule has 2 aromatic heterocycles. The van der Waals surface area contributed by atoms with E-state index in [1.807, 2.05) is 24.3 Å². The molecule has 142 valence electrons. The first-order valence-electron chi connectivity index (χ1n) is 8.69. The van der Waals surface area contributed by atoms with Crippen LogP contribution in [0.1, 0.15) is 11.3 Å². The highest BCUT2D eigenvalue weighted by atomic mass is 35.5. The first-order chi connectivity index (χ1) is 13.6. The third kappa shape index (κ3) is 2.58. The van der Waals surface area contributed by atoms with Gasteiger partial charge in [-0.25, -0.2) is 4.63 Å². The summed E-state index contributed by atoms with van der Waals surface area (Å²) in [6.07, 6.45) is 0.648. The molecular formula is C19H14Cl2N4O3. The van der Waals surface area contributed by atoms with Crippen LogP contribution in [0.3, 0.4) is 0 Å². The number of rotatable bonds is 2. The van der Waals surface area contributed by atoms with Gasteiger partial charge in [0, 0.05) is 36.2 Å². The van der Waals surface area contributed by atoms with E-state index >= 15 is 0 Å². The zero-order chi connectivity index (χ0) is 19.4. The van der Waals surface area contributed by atoms with E-state index in [-0.39, 0.29) is 5.91 Å². The van der Waals surface area contributed by atoms with Gasteiger partial charge >= 0.3 is 0 Å². The van der Waals surface area contributed by atoms with Crippen molar-refractivity contribution in [3.8, 4) is 11.1 Å². The number of nitrogens with zero attached hydrogens (tertiary/aromatic N) is 3. The fraction of sp³-hybridized carbons (Fsp3) is 0.211. The highest BCUT2D eigenvalue weighted by molar-refractivity contribution is 6.45. The topological polar surface area (TPSA) is 95.2 Å². The normalized spacial score (nSPS) is 14.0. The number of amides is 1. The molecule has 5 rings (SSSR count). The second-order valence-corrected chi connectivity index (χ2v) is 7.53. The van der Waals surface area contributed by atoms with Crippen molar-refractivity contribution in [3.63, 3.8) is 0 Å². The summed E-state index contributed by atoms with van der Waals surface area (Å²) in [5.74, 6) is -0.295. The van der Waals surface area contributed by atoms with Gasteiger partial charge in [0.2, 0.25) is 5.91 Å². The maximum Gasteiger partial charge on any atom is 0.248 e. The number of aromatic amines is 1. The lowest BCUT2D eigenvalue weighted by Crippen LogP contribution is -2.37. The lowest BCUT2D eigenvalue weighted by molar-refractivity contribution is -0.135. The third-order valence-corrected chi connectivity index (χ3v) is 5.98. The van der Waals surface area contributed by atoms with Gasteiger partial charge in [-0.1, -0.05) is 29.3 Å². The minimum atomic E-state index is -0.507. The Morgan fingerprint density at radius 1 is 1.25 bits per heavy atom. The van der Waals surface area contributed by atoms with Crippen molar-refractivity contribution in [2.45, 2.75) is 13.0 Å². The second-order valence-electron chi connectivity index (χ2n) is 6.74. The summed E-state index contributed by atoms with van der Waals surface area (Å²) in [6, 6.07) is 7.45. The van der Waals surface area contributed by atoms with E-state index in [1.54, 1.807) is 4.90 Å². The lowest BCUT2D eigenvalue weighted by Gasteiger charge is -2.27. The van der Waals surface area contributed by atoms with Crippen LogP contribution in [0, 0.1) is 0 Å². The van der Waals surface area contributed by atoms with Gasteiger partial charge in [-0.3, -0.25) is 4.79 Å². The molecule has 0 radical (unpaired) electrons. The number of nitrogens with one attached hydrogen (secondary N) is 1. The highest BCUT2D eigenvalue weighted by Gasteiger charge is 2.27. The number of aliphatic hydroxyl groups is 1. The van der Waals surface area contributed by atoms with Crippen LogP contribution in [0.4, 0.5) is 0 Å². The van der Waals surface area contributed by atoms with E-state index in [9.17, 15) is 9.90 Å². The Labute approximate surface area is 168 Å². The van der Waals surface area contributed by atoms with Gasteiger partial charge in [0.15, 0.2) is 0 Å². The van der Waals surface area contributed by atoms with E-state index in [1.165, 1.54) is 0 Å². The molecule has 0 saturated carbocycles. The van der Waals surface area contributed by atoms with E-state index in [0.717, 1.165) is 33.3 Å². The van der Waals surface area contributed by atoms with Gasteiger partial charge in [0.25, 0.3) is 0 Å². The predicted molar refractivity (Wildman–Crippen MR) is 105 cm³/mol. The number of H-pyrrole nitrogens is 1. The summed E-state index contributed by atoms with van der Waals surface area (Å²) in [7, 11) is 0. The Morgan fingerprint density at radius 3 is 2.89 bits per heavy atom. The van der Waals surface area contributed by atoms with Crippen LogP contribution in [0.15, 0.2) is 28.9 Å². The van der Waals surface area contributed by atoms with Gasteiger partial charge in [0.05, 0.1) is 15.6 Å². The summed E-state index contributed by atoms with van der Waals surface area (Å²) >= 11 is 12.9. The van der Waals surface area contributed by atoms with Crippen molar-refractivity contribution in [2.24, 2.45) is 0 Å². The standard InChI is InChI=1S/C19H14Cl2N4O3/c20-12-6-10(9-1-2-14-15(5-9)24-28-23-14)17-11-7-25(16(27)8-26)4-3-13(11)22-19(17)18(12)21/h1-2,5-6,22,26H,3-4,7-8H2. The summed E-state index contributed by atoms with van der Waals surface area (Å²) < 4.78 is 4.79. The number of hydrogen-bond acceptors (Lipinski definition) is 5. The van der Waals surface area contributed by atoms with Gasteiger partial charge < -0.3 is 15.0 Å². The average molecular weight is 417 g/mol. The smallest absolute Gasteiger partial charge is 0.248 e. The minimum absolute atomic E-state index is 0.295. The molecule has 4 aromatic rings. The maximum atomic E-state index is 12.0. The molecule has 0 aliphatic carbocycles. The van der Waals surface area contributed by atoms with E-state index in [4.69, 9.17) is 27.8 Å². The first kappa shape index (κ1) is 17.5. The Hall–Kier alpha value is -2.61. The Morgan fingerprint density at radius 2 is 2.07 bits per heavy atom. The van der Waals surface area contributed by atoms with E-state index in [0.29, 0.717) is 40.6 Å². The Bertz CT molecular complexity index is 1250. The van der Waals surface area contributed by atoms with Crippen molar-refractivity contribution in [2.75, 3.05) is 13.2 Å². The Kier molecular flexibility index (Phi) is 4.04. The number of benzene rings is 2. The first-order valence-corrected chi connectivity index (χ1v) is 9.45. The van der Waals surface area contributed by atoms with Crippen molar-refractivity contribution < 1.29 is 14.5 Å². The van der Waals surface area contributed by atoms with Gasteiger partial charge in [-0.15, -0.1) is 0 Å². The number of halogens is 2. The van der Waals surface area contributed by atoms with Gasteiger partial charge in [0.1, 0.15) is 17.6 Å². The zero-order valence-corrected chi connectivity index (χ0v) is 16.0. The van der Waals surface area contributed by atoms with Gasteiger partial charge in [-0.2, -0.15) is 0 Å². The van der Waals surface area contributed by atoms with Crippen molar-refractivity contribution in [1.82, 2.24) is 20.2 Å². The number of carbonyl (C=O) groups is 1. The zero-order valence-electron chi connectivity index (χ0n) is 14.5. The number of hydrogen-bond donors (Lipinski definition) is 2. The monoisotopic (exact) mass is 416 g/mol. The van der Waals surface area contributed by atoms with Crippen molar-refractivity contribution in [3.05, 3.63) is 45.6 Å². The SMILES string of the molecule is O=C(CO)N1CCc2[nH]c3c(Cl)c(Cl)cc(-c4ccc5nonc5c4)c3c2C1. The van der Waals surface area contributed by atoms with Crippen LogP contribution in [-0.4, -0.2) is 44.4 Å². The Balaban J connectivity index is 1.76. The molecule has 28 heavy (non-hydrogen) atoms. The van der Waals surface area contributed by atoms with Crippen LogP contribution in [0.25, 0.3) is 33.1 Å². The van der Waals surface area contributed by atoms with Crippen molar-refractivity contribution >= 4 is 51.0 Å². The molecule has 1 aliphatic rings. The minimum Gasteiger partial charge on any atom is -0.387 e. The second kappa shape index (κ2) is 6.48. The molecule has 0 spiro atoms. The molecule has 0 atom stereocenters. The molecule has 2 aromatic carbocycles. The fourth-order valence-corrected chi connectivity index (χ4v) is 4.23. The molecule has 0 saturated heterocycles. The van der Waals surface area contributed by atoms with Gasteiger partial charge in [-0.05, 0) is 39.6 Å². The number of aromatic nitrogens is 3. The maximum absolute atomic E-state index is 12.0. The average Bonchev–Trinajstić information content (AvgIpc) is 3.33. The molecule has 2 N–H and O–H groups in total. The summed E-state index contributed by atoms with van der Waals surface area (Å²) in [4.78, 5) is 17.0. The highest BCUT2D eigenvalue weighted by Crippen LogP contribution is 2.42. The summed E-state index contributed by atoms with van der Waals surface area (Å²) in [5, 5.41) is 18.8. The molecule has 3 heterocycles. The van der Waals surface area contributed by atoms with E-state index in [2.05, 4.69) is 15.3 Å². The largest absolute Gasteiger partial charge is 0.387 e. The fourth-order valence-electron chi connectivity index (χ4n) is 3.83. The van der Waals surface area contributed by atoms with E-state index < -0.39 is 6.61 Å². The van der Waals surface area contributed by atoms with Crippen LogP contribution in [0.5, 0.6) is 0 Å². The number of carbonyl (C=O) groups excluding carboxylic acids is 1. The molecule has 7 nitrogen and oxygen atoms in total. The molecular weight excluding hydrogens is 403 g/mol. The molecule has 0 fully saturated rings. The molecule has 0 bridgehead atoms. The lowest BCUT2D eigenvalue weighted by atomic mass is 9.96. The quantitative estimate of drug-likeness (QED) is 0.520. The summed E-state index contributed by atoms with van der Waals surface area (Å²) in [5.41, 5.74) is 5.81.